The zero-order valence-corrected chi connectivity index (χ0v) is 13.4. The van der Waals surface area contributed by atoms with Gasteiger partial charge in [0.25, 0.3) is 0 Å². The van der Waals surface area contributed by atoms with Gasteiger partial charge in [-0.05, 0) is 55.7 Å². The monoisotopic (exact) mass is 307 g/mol. The van der Waals surface area contributed by atoms with Crippen molar-refractivity contribution in [3.8, 4) is 0 Å². The van der Waals surface area contributed by atoms with Crippen LogP contribution < -0.4 is 4.90 Å². The van der Waals surface area contributed by atoms with Crippen LogP contribution in [0.2, 0.25) is 10.0 Å². The summed E-state index contributed by atoms with van der Waals surface area (Å²) in [5, 5.41) is 1.40. The smallest absolute Gasteiger partial charge is 0.0456 e. The van der Waals surface area contributed by atoms with Crippen molar-refractivity contribution in [1.82, 2.24) is 0 Å². The topological polar surface area (TPSA) is 3.24 Å². The molecule has 2 aromatic rings. The first kappa shape index (κ1) is 15.2. The third kappa shape index (κ3) is 3.68. The average molecular weight is 308 g/mol. The first-order valence-corrected chi connectivity index (χ1v) is 7.67. The molecule has 0 saturated heterocycles. The van der Waals surface area contributed by atoms with E-state index in [2.05, 4.69) is 43.0 Å². The van der Waals surface area contributed by atoms with E-state index in [4.69, 9.17) is 23.2 Å². The number of benzene rings is 2. The number of nitrogens with zero attached hydrogens (tertiary/aromatic N) is 1. The molecule has 0 aromatic heterocycles. The Bertz CT molecular complexity index is 560. The van der Waals surface area contributed by atoms with Crippen LogP contribution in [0.1, 0.15) is 25.0 Å². The van der Waals surface area contributed by atoms with Crippen molar-refractivity contribution in [2.45, 2.75) is 20.3 Å². The molecule has 1 nitrogen and oxygen atoms in total. The van der Waals surface area contributed by atoms with Crippen LogP contribution in [0.5, 0.6) is 0 Å². The second-order valence-electron chi connectivity index (χ2n) is 4.75. The van der Waals surface area contributed by atoms with Gasteiger partial charge in [-0.25, -0.2) is 0 Å². The predicted octanol–water partition coefficient (Wildman–Crippen LogP) is 5.43. The van der Waals surface area contributed by atoms with E-state index in [0.717, 1.165) is 30.1 Å². The summed E-state index contributed by atoms with van der Waals surface area (Å²) in [6, 6.07) is 14.3. The highest BCUT2D eigenvalue weighted by Crippen LogP contribution is 2.24. The maximum absolute atomic E-state index is 6.21. The van der Waals surface area contributed by atoms with Crippen LogP contribution >= 0.6 is 23.2 Å². The molecule has 0 fully saturated rings. The molecule has 0 aliphatic heterocycles. The van der Waals surface area contributed by atoms with Crippen LogP contribution in [0.4, 0.5) is 5.69 Å². The summed E-state index contributed by atoms with van der Waals surface area (Å²) < 4.78 is 0. The minimum absolute atomic E-state index is 0.677. The minimum atomic E-state index is 0.677. The Hall–Kier alpha value is -1.18. The van der Waals surface area contributed by atoms with E-state index in [0.29, 0.717) is 5.02 Å². The fraction of sp³-hybridized carbons (Fsp3) is 0.294. The molecule has 0 aliphatic rings. The number of hydrogen-bond donors (Lipinski definition) is 0. The fourth-order valence-electron chi connectivity index (χ4n) is 2.30. The third-order valence-corrected chi connectivity index (χ3v) is 4.06. The van der Waals surface area contributed by atoms with Crippen LogP contribution in [-0.4, -0.2) is 13.1 Å². The van der Waals surface area contributed by atoms with Crippen LogP contribution in [0.25, 0.3) is 0 Å². The van der Waals surface area contributed by atoms with Gasteiger partial charge in [0.15, 0.2) is 0 Å². The molecule has 2 rings (SSSR count). The quantitative estimate of drug-likeness (QED) is 0.712. The van der Waals surface area contributed by atoms with Crippen molar-refractivity contribution in [1.29, 1.82) is 0 Å². The molecule has 0 N–H and O–H groups in total. The summed E-state index contributed by atoms with van der Waals surface area (Å²) in [5.74, 6) is 0. The van der Waals surface area contributed by atoms with Gasteiger partial charge in [-0.1, -0.05) is 41.4 Å². The molecular weight excluding hydrogens is 289 g/mol. The standard InChI is InChI=1S/C17H19Cl2N/c1-3-20(4-2)16-9-5-13(6-10-16)11-14-7-8-15(18)12-17(14)19/h5-10,12H,3-4,11H2,1-2H3. The molecule has 0 radical (unpaired) electrons. The van der Waals surface area contributed by atoms with Crippen molar-refractivity contribution in [2.75, 3.05) is 18.0 Å². The Labute approximate surface area is 131 Å². The number of rotatable bonds is 5. The average Bonchev–Trinajstić information content (AvgIpc) is 2.45. The van der Waals surface area contributed by atoms with Crippen molar-refractivity contribution < 1.29 is 0 Å². The van der Waals surface area contributed by atoms with Gasteiger partial charge in [-0.2, -0.15) is 0 Å². The maximum Gasteiger partial charge on any atom is 0.0456 e. The van der Waals surface area contributed by atoms with Gasteiger partial charge >= 0.3 is 0 Å². The Morgan fingerprint density at radius 1 is 0.900 bits per heavy atom. The van der Waals surface area contributed by atoms with Gasteiger partial charge in [-0.15, -0.1) is 0 Å². The fourth-order valence-corrected chi connectivity index (χ4v) is 2.77. The molecule has 2 aromatic carbocycles. The molecule has 0 amide bonds. The molecule has 106 valence electrons. The predicted molar refractivity (Wildman–Crippen MR) is 89.3 cm³/mol. The Morgan fingerprint density at radius 3 is 2.10 bits per heavy atom. The second kappa shape index (κ2) is 7.01. The molecule has 0 saturated carbocycles. The van der Waals surface area contributed by atoms with Crippen molar-refractivity contribution in [3.63, 3.8) is 0 Å². The van der Waals surface area contributed by atoms with E-state index in [1.165, 1.54) is 11.3 Å². The number of halogens is 2. The largest absolute Gasteiger partial charge is 0.372 e. The van der Waals surface area contributed by atoms with E-state index in [1.807, 2.05) is 12.1 Å². The van der Waals surface area contributed by atoms with Gasteiger partial charge in [-0.3, -0.25) is 0 Å². The van der Waals surface area contributed by atoms with Gasteiger partial charge in [0.05, 0.1) is 0 Å². The summed E-state index contributed by atoms with van der Waals surface area (Å²) in [6.45, 7) is 6.40. The Morgan fingerprint density at radius 2 is 1.55 bits per heavy atom. The summed E-state index contributed by atoms with van der Waals surface area (Å²) in [4.78, 5) is 2.33. The van der Waals surface area contributed by atoms with Crippen LogP contribution in [-0.2, 0) is 6.42 Å². The van der Waals surface area contributed by atoms with E-state index in [1.54, 1.807) is 6.07 Å². The van der Waals surface area contributed by atoms with E-state index < -0.39 is 0 Å². The van der Waals surface area contributed by atoms with Gasteiger partial charge < -0.3 is 4.90 Å². The molecular formula is C17H19Cl2N. The summed E-state index contributed by atoms with van der Waals surface area (Å²) >= 11 is 12.1. The normalized spacial score (nSPS) is 10.6. The highest BCUT2D eigenvalue weighted by molar-refractivity contribution is 6.35. The van der Waals surface area contributed by atoms with E-state index >= 15 is 0 Å². The Kier molecular flexibility index (Phi) is 5.33. The molecule has 20 heavy (non-hydrogen) atoms. The first-order valence-electron chi connectivity index (χ1n) is 6.91. The van der Waals surface area contributed by atoms with Gasteiger partial charge in [0.1, 0.15) is 0 Å². The minimum Gasteiger partial charge on any atom is -0.372 e. The van der Waals surface area contributed by atoms with Crippen LogP contribution in [0.15, 0.2) is 42.5 Å². The molecule has 0 unspecified atom stereocenters. The summed E-state index contributed by atoms with van der Waals surface area (Å²) in [5.41, 5.74) is 3.62. The van der Waals surface area contributed by atoms with Crippen molar-refractivity contribution >= 4 is 28.9 Å². The molecule has 0 atom stereocenters. The molecule has 0 aliphatic carbocycles. The highest BCUT2D eigenvalue weighted by Gasteiger charge is 2.05. The molecule has 0 bridgehead atoms. The van der Waals surface area contributed by atoms with Crippen molar-refractivity contribution in [2.24, 2.45) is 0 Å². The van der Waals surface area contributed by atoms with E-state index in [-0.39, 0.29) is 0 Å². The lowest BCUT2D eigenvalue weighted by Crippen LogP contribution is -2.21. The summed E-state index contributed by atoms with van der Waals surface area (Å²) in [7, 11) is 0. The zero-order chi connectivity index (χ0) is 14.5. The zero-order valence-electron chi connectivity index (χ0n) is 11.9. The maximum atomic E-state index is 6.21. The second-order valence-corrected chi connectivity index (χ2v) is 5.59. The summed E-state index contributed by atoms with van der Waals surface area (Å²) in [6.07, 6.45) is 0.828. The SMILES string of the molecule is CCN(CC)c1ccc(Cc2ccc(Cl)cc2Cl)cc1. The first-order chi connectivity index (χ1) is 9.63. The van der Waals surface area contributed by atoms with E-state index in [9.17, 15) is 0 Å². The third-order valence-electron chi connectivity index (χ3n) is 3.47. The van der Waals surface area contributed by atoms with Crippen LogP contribution in [0.3, 0.4) is 0 Å². The molecule has 0 spiro atoms. The number of hydrogen-bond acceptors (Lipinski definition) is 1. The molecule has 3 heteroatoms. The van der Waals surface area contributed by atoms with Gasteiger partial charge in [0.2, 0.25) is 0 Å². The highest BCUT2D eigenvalue weighted by atomic mass is 35.5. The van der Waals surface area contributed by atoms with Gasteiger partial charge in [0, 0.05) is 28.8 Å². The van der Waals surface area contributed by atoms with Crippen molar-refractivity contribution in [3.05, 3.63) is 63.6 Å². The molecule has 0 heterocycles. The van der Waals surface area contributed by atoms with Crippen LogP contribution in [0, 0.1) is 0 Å². The lowest BCUT2D eigenvalue weighted by Gasteiger charge is -2.21. The lowest BCUT2D eigenvalue weighted by atomic mass is 10.0. The Balaban J connectivity index is 2.14. The number of anilines is 1. The lowest BCUT2D eigenvalue weighted by molar-refractivity contribution is 0.866.